The van der Waals surface area contributed by atoms with E-state index in [4.69, 9.17) is 16.3 Å². The van der Waals surface area contributed by atoms with Crippen LogP contribution >= 0.6 is 11.6 Å². The predicted molar refractivity (Wildman–Crippen MR) is 105 cm³/mol. The van der Waals surface area contributed by atoms with E-state index in [9.17, 15) is 18.3 Å². The summed E-state index contributed by atoms with van der Waals surface area (Å²) in [6.07, 6.45) is 2.88. The minimum absolute atomic E-state index is 0.111. The van der Waals surface area contributed by atoms with E-state index < -0.39 is 10.0 Å². The summed E-state index contributed by atoms with van der Waals surface area (Å²) >= 11 is 5.96. The van der Waals surface area contributed by atoms with Crippen LogP contribution in [0.4, 0.5) is 0 Å². The third kappa shape index (κ3) is 4.88. The molecule has 0 unspecified atom stereocenters. The summed E-state index contributed by atoms with van der Waals surface area (Å²) in [4.78, 5) is 12.4. The fourth-order valence-corrected chi connectivity index (χ4v) is 3.35. The first-order valence-corrected chi connectivity index (χ1v) is 9.89. The Balaban J connectivity index is 2.22. The number of sulfonamides is 1. The van der Waals surface area contributed by atoms with E-state index in [0.29, 0.717) is 17.7 Å². The first-order valence-electron chi connectivity index (χ1n) is 8.07. The molecule has 0 saturated carbocycles. The van der Waals surface area contributed by atoms with E-state index in [-0.39, 0.29) is 27.2 Å². The minimum Gasteiger partial charge on any atom is -0.503 e. The summed E-state index contributed by atoms with van der Waals surface area (Å²) in [5, 5.41) is 9.96. The zero-order chi connectivity index (χ0) is 20.2. The molecule has 0 aliphatic heterocycles. The Morgan fingerprint density at radius 3 is 2.41 bits per heavy atom. The summed E-state index contributed by atoms with van der Waals surface area (Å²) in [5.41, 5.74) is 0.931. The molecule has 0 aromatic heterocycles. The molecule has 0 radical (unpaired) electrons. The van der Waals surface area contributed by atoms with Crippen molar-refractivity contribution in [2.45, 2.75) is 11.8 Å². The number of carbonyl (C=O) groups excluding carboxylic acids is 1. The van der Waals surface area contributed by atoms with Crippen LogP contribution in [0.2, 0.25) is 5.02 Å². The molecule has 0 bridgehead atoms. The van der Waals surface area contributed by atoms with Gasteiger partial charge in [-0.3, -0.25) is 4.79 Å². The van der Waals surface area contributed by atoms with Crippen molar-refractivity contribution in [1.29, 1.82) is 0 Å². The van der Waals surface area contributed by atoms with Gasteiger partial charge in [-0.2, -0.15) is 0 Å². The molecule has 2 aromatic carbocycles. The van der Waals surface area contributed by atoms with Gasteiger partial charge in [0.15, 0.2) is 17.3 Å². The van der Waals surface area contributed by atoms with E-state index in [1.165, 1.54) is 50.5 Å². The van der Waals surface area contributed by atoms with Crippen molar-refractivity contribution in [2.24, 2.45) is 0 Å². The van der Waals surface area contributed by atoms with Crippen molar-refractivity contribution in [3.63, 3.8) is 0 Å². The highest BCUT2D eigenvalue weighted by Gasteiger charge is 2.17. The van der Waals surface area contributed by atoms with Crippen LogP contribution in [-0.4, -0.2) is 44.3 Å². The largest absolute Gasteiger partial charge is 0.503 e. The Bertz CT molecular complexity index is 966. The lowest BCUT2D eigenvalue weighted by atomic mass is 10.1. The lowest BCUT2D eigenvalue weighted by molar-refractivity contribution is 0.104. The van der Waals surface area contributed by atoms with Crippen LogP contribution in [0.15, 0.2) is 47.4 Å². The highest BCUT2D eigenvalue weighted by Crippen LogP contribution is 2.35. The van der Waals surface area contributed by atoms with E-state index >= 15 is 0 Å². The number of halogens is 1. The zero-order valence-corrected chi connectivity index (χ0v) is 16.7. The molecule has 2 aromatic rings. The van der Waals surface area contributed by atoms with Gasteiger partial charge < -0.3 is 9.84 Å². The number of allylic oxidation sites excluding steroid dienone is 1. The Labute approximate surface area is 163 Å². The van der Waals surface area contributed by atoms with Crippen LogP contribution in [0.5, 0.6) is 11.5 Å². The highest BCUT2D eigenvalue weighted by molar-refractivity contribution is 7.89. The van der Waals surface area contributed by atoms with Crippen LogP contribution < -0.4 is 4.74 Å². The zero-order valence-electron chi connectivity index (χ0n) is 15.1. The first kappa shape index (κ1) is 21.0. The number of phenolic OH excluding ortho intramolecular Hbond substituents is 1. The van der Waals surface area contributed by atoms with Gasteiger partial charge in [0.05, 0.1) is 16.5 Å². The SMILES string of the molecule is CCOc1cc(/C=C/C(=O)c2ccc(S(=O)(=O)N(C)C)cc2)cc(Cl)c1O. The Kier molecular flexibility index (Phi) is 6.64. The quantitative estimate of drug-likeness (QED) is 0.558. The normalized spacial score (nSPS) is 11.9. The number of aromatic hydroxyl groups is 1. The summed E-state index contributed by atoms with van der Waals surface area (Å²) in [6, 6.07) is 8.77. The predicted octanol–water partition coefficient (Wildman–Crippen LogP) is 3.59. The smallest absolute Gasteiger partial charge is 0.242 e. The van der Waals surface area contributed by atoms with Gasteiger partial charge in [-0.25, -0.2) is 12.7 Å². The van der Waals surface area contributed by atoms with Crippen LogP contribution in [0.3, 0.4) is 0 Å². The average molecular weight is 410 g/mol. The second kappa shape index (κ2) is 8.56. The highest BCUT2D eigenvalue weighted by atomic mass is 35.5. The average Bonchev–Trinajstić information content (AvgIpc) is 2.63. The molecule has 27 heavy (non-hydrogen) atoms. The van der Waals surface area contributed by atoms with Crippen molar-refractivity contribution in [2.75, 3.05) is 20.7 Å². The van der Waals surface area contributed by atoms with Crippen LogP contribution in [0.25, 0.3) is 6.08 Å². The number of benzene rings is 2. The standard InChI is InChI=1S/C19H20ClNO5S/c1-4-26-18-12-13(11-16(20)19(18)23)5-10-17(22)14-6-8-15(9-7-14)27(24,25)21(2)3/h5-12,23H,4H2,1-3H3/b10-5+. The summed E-state index contributed by atoms with van der Waals surface area (Å²) in [5.74, 6) is -0.221. The van der Waals surface area contributed by atoms with Crippen molar-refractivity contribution in [3.05, 3.63) is 58.6 Å². The molecule has 0 spiro atoms. The Morgan fingerprint density at radius 1 is 1.22 bits per heavy atom. The molecule has 8 heteroatoms. The molecular formula is C19H20ClNO5S. The van der Waals surface area contributed by atoms with Crippen LogP contribution in [0.1, 0.15) is 22.8 Å². The molecule has 0 amide bonds. The van der Waals surface area contributed by atoms with Gasteiger partial charge in [0.25, 0.3) is 0 Å². The van der Waals surface area contributed by atoms with Gasteiger partial charge >= 0.3 is 0 Å². The first-order chi connectivity index (χ1) is 12.7. The van der Waals surface area contributed by atoms with Gasteiger partial charge in [0.1, 0.15) is 0 Å². The van der Waals surface area contributed by atoms with E-state index in [1.807, 2.05) is 0 Å². The van der Waals surface area contributed by atoms with Crippen LogP contribution in [0, 0.1) is 0 Å². The van der Waals surface area contributed by atoms with Crippen LogP contribution in [-0.2, 0) is 10.0 Å². The molecule has 0 aliphatic rings. The lowest BCUT2D eigenvalue weighted by Gasteiger charge is -2.11. The number of rotatable bonds is 7. The number of phenols is 1. The van der Waals surface area contributed by atoms with E-state index in [2.05, 4.69) is 0 Å². The number of hydrogen-bond acceptors (Lipinski definition) is 5. The van der Waals surface area contributed by atoms with Crippen molar-refractivity contribution in [1.82, 2.24) is 4.31 Å². The van der Waals surface area contributed by atoms with Gasteiger partial charge in [-0.05, 0) is 55.0 Å². The molecule has 6 nitrogen and oxygen atoms in total. The summed E-state index contributed by atoms with van der Waals surface area (Å²) < 4.78 is 30.5. The third-order valence-corrected chi connectivity index (χ3v) is 5.81. The molecule has 0 aliphatic carbocycles. The fraction of sp³-hybridized carbons (Fsp3) is 0.211. The van der Waals surface area contributed by atoms with Gasteiger partial charge in [0.2, 0.25) is 10.0 Å². The summed E-state index contributed by atoms with van der Waals surface area (Å²) in [6.45, 7) is 2.14. The number of hydrogen-bond donors (Lipinski definition) is 1. The second-order valence-corrected chi connectivity index (χ2v) is 8.35. The number of ether oxygens (including phenoxy) is 1. The molecule has 0 heterocycles. The molecule has 1 N–H and O–H groups in total. The molecule has 0 saturated heterocycles. The number of carbonyl (C=O) groups is 1. The molecule has 2 rings (SSSR count). The van der Waals surface area contributed by atoms with Gasteiger partial charge in [-0.1, -0.05) is 17.7 Å². The molecular weight excluding hydrogens is 390 g/mol. The number of ketones is 1. The van der Waals surface area contributed by atoms with Crippen molar-refractivity contribution in [3.8, 4) is 11.5 Å². The van der Waals surface area contributed by atoms with Gasteiger partial charge in [-0.15, -0.1) is 0 Å². The van der Waals surface area contributed by atoms with E-state index in [1.54, 1.807) is 19.1 Å². The van der Waals surface area contributed by atoms with E-state index in [0.717, 1.165) is 4.31 Å². The fourth-order valence-electron chi connectivity index (χ4n) is 2.23. The summed E-state index contributed by atoms with van der Waals surface area (Å²) in [7, 11) is -0.660. The van der Waals surface area contributed by atoms with Gasteiger partial charge in [0, 0.05) is 19.7 Å². The Hall–Kier alpha value is -2.35. The number of nitrogens with zero attached hydrogens (tertiary/aromatic N) is 1. The maximum atomic E-state index is 12.3. The van der Waals surface area contributed by atoms with Crippen molar-refractivity contribution < 1.29 is 23.1 Å². The maximum absolute atomic E-state index is 12.3. The molecule has 144 valence electrons. The second-order valence-electron chi connectivity index (χ2n) is 5.79. The minimum atomic E-state index is -3.54. The lowest BCUT2D eigenvalue weighted by Crippen LogP contribution is -2.22. The Morgan fingerprint density at radius 2 is 1.85 bits per heavy atom. The van der Waals surface area contributed by atoms with Crippen molar-refractivity contribution >= 4 is 33.5 Å². The molecule has 0 fully saturated rings. The third-order valence-electron chi connectivity index (χ3n) is 3.70. The monoisotopic (exact) mass is 409 g/mol. The maximum Gasteiger partial charge on any atom is 0.242 e. The topological polar surface area (TPSA) is 83.9 Å². The molecule has 0 atom stereocenters.